The first-order valence-electron chi connectivity index (χ1n) is 10.5. The van der Waals surface area contributed by atoms with Crippen molar-refractivity contribution in [3.05, 3.63) is 112 Å². The van der Waals surface area contributed by atoms with E-state index in [2.05, 4.69) is 4.98 Å². The Morgan fingerprint density at radius 2 is 1.50 bits per heavy atom. The molecule has 2 N–H and O–H groups in total. The summed E-state index contributed by atoms with van der Waals surface area (Å²) >= 11 is 0.919. The van der Waals surface area contributed by atoms with Crippen LogP contribution in [0.3, 0.4) is 0 Å². The van der Waals surface area contributed by atoms with Gasteiger partial charge in [0.15, 0.2) is 0 Å². The van der Waals surface area contributed by atoms with Crippen molar-refractivity contribution in [2.24, 2.45) is 0 Å². The smallest absolute Gasteiger partial charge is 0.307 e. The zero-order valence-electron chi connectivity index (χ0n) is 17.9. The van der Waals surface area contributed by atoms with E-state index < -0.39 is 10.0 Å². The molecule has 0 spiro atoms. The summed E-state index contributed by atoms with van der Waals surface area (Å²) in [6.45, 7) is 0.120. The van der Waals surface area contributed by atoms with Crippen LogP contribution in [0, 0.1) is 0 Å². The molecule has 0 unspecified atom stereocenters. The number of aromatic hydroxyl groups is 1. The summed E-state index contributed by atoms with van der Waals surface area (Å²) < 4.78 is 28.9. The second-order valence-electron chi connectivity index (χ2n) is 7.75. The van der Waals surface area contributed by atoms with Gasteiger partial charge in [0, 0.05) is 0 Å². The van der Waals surface area contributed by atoms with Gasteiger partial charge in [-0.25, -0.2) is 8.42 Å². The summed E-state index contributed by atoms with van der Waals surface area (Å²) in [5.41, 5.74) is 1.99. The minimum atomic E-state index is -3.86. The maximum absolute atomic E-state index is 13.8. The topological polar surface area (TPSA) is 90.5 Å². The number of sulfonamides is 1. The highest BCUT2D eigenvalue weighted by atomic mass is 32.2. The van der Waals surface area contributed by atoms with Gasteiger partial charge in [0.2, 0.25) is 5.88 Å². The van der Waals surface area contributed by atoms with Crippen LogP contribution < -0.4 is 9.18 Å². The van der Waals surface area contributed by atoms with Crippen LogP contribution in [0.25, 0.3) is 21.2 Å². The van der Waals surface area contributed by atoms with Crippen molar-refractivity contribution < 1.29 is 13.5 Å². The molecule has 1 aromatic heterocycles. The van der Waals surface area contributed by atoms with Gasteiger partial charge < -0.3 is 5.11 Å². The van der Waals surface area contributed by atoms with Gasteiger partial charge in [0.05, 0.1) is 22.0 Å². The average molecular weight is 489 g/mol. The number of nitrogens with one attached hydrogen (secondary N) is 1. The monoisotopic (exact) mass is 488 g/mol. The Morgan fingerprint density at radius 3 is 2.18 bits per heavy atom. The number of aromatic nitrogens is 1. The number of thiazole rings is 1. The van der Waals surface area contributed by atoms with Crippen LogP contribution in [0.1, 0.15) is 5.56 Å². The fraction of sp³-hybridized carbons (Fsp3) is 0.0385. The van der Waals surface area contributed by atoms with Crippen molar-refractivity contribution in [1.29, 1.82) is 0 Å². The van der Waals surface area contributed by atoms with E-state index in [1.165, 1.54) is 4.31 Å². The van der Waals surface area contributed by atoms with Gasteiger partial charge in [-0.1, -0.05) is 84.1 Å². The Morgan fingerprint density at radius 1 is 0.824 bits per heavy atom. The van der Waals surface area contributed by atoms with Gasteiger partial charge in [-0.05, 0) is 46.2 Å². The van der Waals surface area contributed by atoms with Crippen LogP contribution in [0.5, 0.6) is 5.88 Å². The SMILES string of the molecule is O=c1[nH]c(O)c(-c2ccc(CN(c3ccccc3)S(=O)(=O)c3ccc4ccccc4c3)cc2)s1. The molecule has 4 aromatic carbocycles. The van der Waals surface area contributed by atoms with E-state index in [1.807, 2.05) is 36.4 Å². The lowest BCUT2D eigenvalue weighted by molar-refractivity contribution is 0.458. The molecular weight excluding hydrogens is 468 g/mol. The molecule has 0 saturated heterocycles. The van der Waals surface area contributed by atoms with Crippen LogP contribution in [-0.2, 0) is 16.6 Å². The molecule has 8 heteroatoms. The van der Waals surface area contributed by atoms with Crippen LogP contribution in [0.4, 0.5) is 5.69 Å². The molecule has 0 atom stereocenters. The summed E-state index contributed by atoms with van der Waals surface area (Å²) in [6, 6.07) is 28.9. The predicted octanol–water partition coefficient (Wildman–Crippen LogP) is 5.36. The third-order valence-corrected chi connectivity index (χ3v) is 8.22. The number of hydrogen-bond donors (Lipinski definition) is 2. The normalized spacial score (nSPS) is 11.5. The molecule has 6 nitrogen and oxygen atoms in total. The molecule has 0 bridgehead atoms. The highest BCUT2D eigenvalue weighted by Crippen LogP contribution is 2.31. The van der Waals surface area contributed by atoms with Crippen molar-refractivity contribution in [3.8, 4) is 16.3 Å². The van der Waals surface area contributed by atoms with Crippen molar-refractivity contribution in [2.45, 2.75) is 11.4 Å². The summed E-state index contributed by atoms with van der Waals surface area (Å²) in [5.74, 6) is -0.174. The number of H-pyrrole nitrogens is 1. The van der Waals surface area contributed by atoms with Crippen LogP contribution in [0.15, 0.2) is 107 Å². The van der Waals surface area contributed by atoms with Gasteiger partial charge in [-0.3, -0.25) is 14.1 Å². The van der Waals surface area contributed by atoms with Gasteiger partial charge in [-0.15, -0.1) is 0 Å². The number of fused-ring (bicyclic) bond motifs is 1. The van der Waals surface area contributed by atoms with E-state index in [0.29, 0.717) is 16.1 Å². The number of anilines is 1. The Balaban J connectivity index is 1.52. The van der Waals surface area contributed by atoms with E-state index in [4.69, 9.17) is 0 Å². The first-order chi connectivity index (χ1) is 16.4. The Bertz CT molecular complexity index is 1620. The molecule has 0 fully saturated rings. The molecular formula is C26H20N2O4S2. The molecule has 0 amide bonds. The third-order valence-electron chi connectivity index (χ3n) is 5.53. The average Bonchev–Trinajstić information content (AvgIpc) is 3.20. The van der Waals surface area contributed by atoms with Crippen LogP contribution in [0.2, 0.25) is 0 Å². The molecule has 5 rings (SSSR count). The van der Waals surface area contributed by atoms with Gasteiger partial charge in [-0.2, -0.15) is 0 Å². The standard InChI is InChI=1S/C26H20N2O4S2/c29-25-24(33-26(30)27-25)20-12-10-18(11-13-20)17-28(22-8-2-1-3-9-22)34(31,32)23-15-14-19-6-4-5-7-21(19)16-23/h1-16,29H,17H2,(H,27,30). The van der Waals surface area contributed by atoms with E-state index >= 15 is 0 Å². The number of hydrogen-bond acceptors (Lipinski definition) is 5. The molecule has 0 saturated carbocycles. The van der Waals surface area contributed by atoms with Gasteiger partial charge in [0.25, 0.3) is 10.0 Å². The highest BCUT2D eigenvalue weighted by Gasteiger charge is 2.25. The van der Waals surface area contributed by atoms with Gasteiger partial charge in [0.1, 0.15) is 0 Å². The van der Waals surface area contributed by atoms with Crippen molar-refractivity contribution in [2.75, 3.05) is 4.31 Å². The first kappa shape index (κ1) is 21.9. The molecule has 34 heavy (non-hydrogen) atoms. The second kappa shape index (κ2) is 8.81. The van der Waals surface area contributed by atoms with Crippen LogP contribution in [-0.4, -0.2) is 18.5 Å². The molecule has 0 aliphatic heterocycles. The molecule has 1 heterocycles. The van der Waals surface area contributed by atoms with Crippen molar-refractivity contribution >= 4 is 37.8 Å². The second-order valence-corrected chi connectivity index (χ2v) is 10.6. The van der Waals surface area contributed by atoms with E-state index in [-0.39, 0.29) is 22.2 Å². The quantitative estimate of drug-likeness (QED) is 0.337. The zero-order chi connectivity index (χ0) is 23.7. The minimum absolute atomic E-state index is 0.120. The maximum atomic E-state index is 13.8. The fourth-order valence-electron chi connectivity index (χ4n) is 3.81. The lowest BCUT2D eigenvalue weighted by atomic mass is 10.1. The molecule has 0 radical (unpaired) electrons. The number of para-hydroxylation sites is 1. The zero-order valence-corrected chi connectivity index (χ0v) is 19.5. The number of aromatic amines is 1. The van der Waals surface area contributed by atoms with E-state index in [0.717, 1.165) is 27.7 Å². The lowest BCUT2D eigenvalue weighted by Gasteiger charge is -2.25. The summed E-state index contributed by atoms with van der Waals surface area (Å²) in [5, 5.41) is 11.7. The van der Waals surface area contributed by atoms with E-state index in [1.54, 1.807) is 60.7 Å². The largest absolute Gasteiger partial charge is 0.493 e. The summed E-state index contributed by atoms with van der Waals surface area (Å²) in [6.07, 6.45) is 0. The first-order valence-corrected chi connectivity index (χ1v) is 12.8. The van der Waals surface area contributed by atoms with Crippen molar-refractivity contribution in [3.63, 3.8) is 0 Å². The number of rotatable bonds is 6. The summed E-state index contributed by atoms with van der Waals surface area (Å²) in [7, 11) is -3.86. The van der Waals surface area contributed by atoms with Crippen LogP contribution >= 0.6 is 11.3 Å². The third kappa shape index (κ3) is 4.21. The molecule has 0 aliphatic rings. The lowest BCUT2D eigenvalue weighted by Crippen LogP contribution is -2.30. The minimum Gasteiger partial charge on any atom is -0.493 e. The van der Waals surface area contributed by atoms with E-state index in [9.17, 15) is 18.3 Å². The van der Waals surface area contributed by atoms with Gasteiger partial charge >= 0.3 is 4.87 Å². The van der Waals surface area contributed by atoms with Crippen molar-refractivity contribution in [1.82, 2.24) is 4.98 Å². The number of nitrogens with zero attached hydrogens (tertiary/aromatic N) is 1. The maximum Gasteiger partial charge on any atom is 0.307 e. The Kier molecular flexibility index (Phi) is 5.69. The Hall–Kier alpha value is -3.88. The molecule has 0 aliphatic carbocycles. The Labute approximate surface area is 200 Å². The summed E-state index contributed by atoms with van der Waals surface area (Å²) in [4.78, 5) is 14.2. The predicted molar refractivity (Wildman–Crippen MR) is 136 cm³/mol. The molecule has 5 aromatic rings. The fourth-order valence-corrected chi connectivity index (χ4v) is 6.03. The highest BCUT2D eigenvalue weighted by molar-refractivity contribution is 7.92. The molecule has 170 valence electrons. The number of benzene rings is 4.